The van der Waals surface area contributed by atoms with E-state index < -0.39 is 5.97 Å². The van der Waals surface area contributed by atoms with E-state index in [9.17, 15) is 9.59 Å². The molecule has 0 aromatic heterocycles. The Morgan fingerprint density at radius 1 is 1.00 bits per heavy atom. The number of ether oxygens (including phenoxy) is 2. The SMILES string of the molecule is CCOc1ccccc1N1CCN(C(=O)Nc2ccc(C(=O)OC)cc2)CC1. The molecule has 0 bridgehead atoms. The molecule has 1 N–H and O–H groups in total. The number of hydrogen-bond acceptors (Lipinski definition) is 5. The van der Waals surface area contributed by atoms with Gasteiger partial charge in [0.25, 0.3) is 0 Å². The lowest BCUT2D eigenvalue weighted by atomic mass is 10.2. The normalized spacial score (nSPS) is 13.8. The lowest BCUT2D eigenvalue weighted by Crippen LogP contribution is -2.50. The van der Waals surface area contributed by atoms with E-state index in [2.05, 4.69) is 15.0 Å². The van der Waals surface area contributed by atoms with Gasteiger partial charge in [0.15, 0.2) is 0 Å². The molecule has 7 nitrogen and oxygen atoms in total. The molecule has 3 rings (SSSR count). The predicted octanol–water partition coefficient (Wildman–Crippen LogP) is 3.23. The van der Waals surface area contributed by atoms with E-state index in [1.165, 1.54) is 7.11 Å². The molecule has 1 heterocycles. The summed E-state index contributed by atoms with van der Waals surface area (Å²) in [5, 5.41) is 2.87. The first-order chi connectivity index (χ1) is 13.6. The highest BCUT2D eigenvalue weighted by molar-refractivity contribution is 5.92. The Morgan fingerprint density at radius 2 is 1.68 bits per heavy atom. The van der Waals surface area contributed by atoms with Crippen molar-refractivity contribution in [3.63, 3.8) is 0 Å². The summed E-state index contributed by atoms with van der Waals surface area (Å²) < 4.78 is 10.4. The van der Waals surface area contributed by atoms with Gasteiger partial charge in [-0.15, -0.1) is 0 Å². The quantitative estimate of drug-likeness (QED) is 0.803. The second-order valence-electron chi connectivity index (χ2n) is 6.37. The van der Waals surface area contributed by atoms with Crippen molar-refractivity contribution in [2.24, 2.45) is 0 Å². The molecule has 1 fully saturated rings. The maximum absolute atomic E-state index is 12.5. The largest absolute Gasteiger partial charge is 0.492 e. The number of methoxy groups -OCH3 is 1. The van der Waals surface area contributed by atoms with Crippen molar-refractivity contribution in [1.82, 2.24) is 4.90 Å². The Hall–Kier alpha value is -3.22. The highest BCUT2D eigenvalue weighted by Gasteiger charge is 2.23. The summed E-state index contributed by atoms with van der Waals surface area (Å²) in [6.07, 6.45) is 0. The number of hydrogen-bond donors (Lipinski definition) is 1. The van der Waals surface area contributed by atoms with Crippen LogP contribution in [-0.2, 0) is 4.74 Å². The van der Waals surface area contributed by atoms with Gasteiger partial charge in [-0.05, 0) is 43.3 Å². The average Bonchev–Trinajstić information content (AvgIpc) is 2.74. The zero-order valence-corrected chi connectivity index (χ0v) is 16.2. The molecule has 148 valence electrons. The summed E-state index contributed by atoms with van der Waals surface area (Å²) in [5.74, 6) is 0.468. The summed E-state index contributed by atoms with van der Waals surface area (Å²) in [6.45, 7) is 5.29. The predicted molar refractivity (Wildman–Crippen MR) is 108 cm³/mol. The number of carbonyl (C=O) groups excluding carboxylic acids is 2. The Balaban J connectivity index is 1.56. The van der Waals surface area contributed by atoms with E-state index in [4.69, 9.17) is 4.74 Å². The number of urea groups is 1. The summed E-state index contributed by atoms with van der Waals surface area (Å²) in [4.78, 5) is 28.0. The molecule has 0 radical (unpaired) electrons. The molecule has 0 atom stereocenters. The molecule has 2 aromatic rings. The van der Waals surface area contributed by atoms with Crippen LogP contribution in [0.4, 0.5) is 16.2 Å². The third kappa shape index (κ3) is 4.54. The minimum absolute atomic E-state index is 0.149. The summed E-state index contributed by atoms with van der Waals surface area (Å²) in [5.41, 5.74) is 2.15. The Labute approximate surface area is 164 Å². The van der Waals surface area contributed by atoms with Crippen LogP contribution in [0.3, 0.4) is 0 Å². The number of carbonyl (C=O) groups is 2. The van der Waals surface area contributed by atoms with Crippen LogP contribution >= 0.6 is 0 Å². The number of amides is 2. The van der Waals surface area contributed by atoms with Crippen molar-refractivity contribution in [2.45, 2.75) is 6.92 Å². The smallest absolute Gasteiger partial charge is 0.337 e. The van der Waals surface area contributed by atoms with Crippen molar-refractivity contribution in [1.29, 1.82) is 0 Å². The Morgan fingerprint density at radius 3 is 2.32 bits per heavy atom. The molecule has 0 saturated carbocycles. The third-order valence-corrected chi connectivity index (χ3v) is 4.63. The molecule has 0 spiro atoms. The van der Waals surface area contributed by atoms with E-state index >= 15 is 0 Å². The topological polar surface area (TPSA) is 71.1 Å². The zero-order valence-electron chi connectivity index (χ0n) is 16.2. The zero-order chi connectivity index (χ0) is 19.9. The number of esters is 1. The van der Waals surface area contributed by atoms with Crippen LogP contribution in [0.15, 0.2) is 48.5 Å². The van der Waals surface area contributed by atoms with Crippen LogP contribution < -0.4 is 15.0 Å². The number of rotatable bonds is 5. The van der Waals surface area contributed by atoms with Gasteiger partial charge in [0.1, 0.15) is 5.75 Å². The number of piperazine rings is 1. The summed E-state index contributed by atoms with van der Waals surface area (Å²) in [7, 11) is 1.34. The molecule has 0 aliphatic carbocycles. The molecule has 1 saturated heterocycles. The minimum atomic E-state index is -0.402. The maximum Gasteiger partial charge on any atom is 0.337 e. The van der Waals surface area contributed by atoms with Gasteiger partial charge in [-0.25, -0.2) is 9.59 Å². The molecular formula is C21H25N3O4. The average molecular weight is 383 g/mol. The molecule has 2 amide bonds. The fourth-order valence-electron chi connectivity index (χ4n) is 3.16. The van der Waals surface area contributed by atoms with E-state index in [0.717, 1.165) is 24.5 Å². The first-order valence-electron chi connectivity index (χ1n) is 9.33. The molecule has 0 unspecified atom stereocenters. The van der Waals surface area contributed by atoms with Gasteiger partial charge in [0.2, 0.25) is 0 Å². The van der Waals surface area contributed by atoms with Crippen molar-refractivity contribution in [3.05, 3.63) is 54.1 Å². The maximum atomic E-state index is 12.5. The van der Waals surface area contributed by atoms with Crippen LogP contribution in [0.2, 0.25) is 0 Å². The number of para-hydroxylation sites is 2. The van der Waals surface area contributed by atoms with E-state index in [1.54, 1.807) is 29.2 Å². The fraction of sp³-hybridized carbons (Fsp3) is 0.333. The van der Waals surface area contributed by atoms with Crippen LogP contribution in [-0.4, -0.2) is 56.8 Å². The molecule has 7 heteroatoms. The lowest BCUT2D eigenvalue weighted by Gasteiger charge is -2.36. The lowest BCUT2D eigenvalue weighted by molar-refractivity contribution is 0.0600. The molecule has 2 aromatic carbocycles. The van der Waals surface area contributed by atoms with Gasteiger partial charge in [0, 0.05) is 31.9 Å². The standard InChI is InChI=1S/C21H25N3O4/c1-3-28-19-7-5-4-6-18(19)23-12-14-24(15-13-23)21(26)22-17-10-8-16(9-11-17)20(25)27-2/h4-11H,3,12-15H2,1-2H3,(H,22,26). The van der Waals surface area contributed by atoms with Crippen molar-refractivity contribution in [2.75, 3.05) is 50.1 Å². The monoisotopic (exact) mass is 383 g/mol. The van der Waals surface area contributed by atoms with E-state index in [1.807, 2.05) is 31.2 Å². The van der Waals surface area contributed by atoms with E-state index in [-0.39, 0.29) is 6.03 Å². The number of nitrogens with zero attached hydrogens (tertiary/aromatic N) is 2. The first kappa shape index (κ1) is 19.5. The van der Waals surface area contributed by atoms with Crippen LogP contribution in [0.25, 0.3) is 0 Å². The first-order valence-corrected chi connectivity index (χ1v) is 9.33. The molecular weight excluding hydrogens is 358 g/mol. The second kappa shape index (κ2) is 9.12. The van der Waals surface area contributed by atoms with Gasteiger partial charge in [0.05, 0.1) is 25.0 Å². The van der Waals surface area contributed by atoms with Crippen molar-refractivity contribution >= 4 is 23.4 Å². The molecule has 28 heavy (non-hydrogen) atoms. The van der Waals surface area contributed by atoms with Gasteiger partial charge >= 0.3 is 12.0 Å². The van der Waals surface area contributed by atoms with Crippen molar-refractivity contribution < 1.29 is 19.1 Å². The van der Waals surface area contributed by atoms with Gasteiger partial charge in [-0.1, -0.05) is 12.1 Å². The van der Waals surface area contributed by atoms with Crippen LogP contribution in [0.1, 0.15) is 17.3 Å². The van der Waals surface area contributed by atoms with Crippen LogP contribution in [0, 0.1) is 0 Å². The van der Waals surface area contributed by atoms with Crippen LogP contribution in [0.5, 0.6) is 5.75 Å². The number of benzene rings is 2. The third-order valence-electron chi connectivity index (χ3n) is 4.63. The molecule has 1 aliphatic rings. The molecule has 1 aliphatic heterocycles. The van der Waals surface area contributed by atoms with Crippen molar-refractivity contribution in [3.8, 4) is 5.75 Å². The highest BCUT2D eigenvalue weighted by Crippen LogP contribution is 2.28. The number of anilines is 2. The number of nitrogens with one attached hydrogen (secondary N) is 1. The second-order valence-corrected chi connectivity index (χ2v) is 6.37. The van der Waals surface area contributed by atoms with Gasteiger partial charge in [-0.2, -0.15) is 0 Å². The summed E-state index contributed by atoms with van der Waals surface area (Å²) >= 11 is 0. The Kier molecular flexibility index (Phi) is 6.37. The van der Waals surface area contributed by atoms with Gasteiger partial charge in [-0.3, -0.25) is 0 Å². The fourth-order valence-corrected chi connectivity index (χ4v) is 3.16. The minimum Gasteiger partial charge on any atom is -0.492 e. The summed E-state index contributed by atoms with van der Waals surface area (Å²) in [6, 6.07) is 14.5. The Bertz CT molecular complexity index is 815. The highest BCUT2D eigenvalue weighted by atomic mass is 16.5. The van der Waals surface area contributed by atoms with Gasteiger partial charge < -0.3 is 24.6 Å². The van der Waals surface area contributed by atoms with E-state index in [0.29, 0.717) is 30.9 Å².